The van der Waals surface area contributed by atoms with Gasteiger partial charge < -0.3 is 5.32 Å². The summed E-state index contributed by atoms with van der Waals surface area (Å²) in [6.07, 6.45) is -4.69. The van der Waals surface area contributed by atoms with Crippen LogP contribution in [0.4, 0.5) is 24.5 Å². The monoisotopic (exact) mass is 629 g/mol. The first-order valence-corrected chi connectivity index (χ1v) is 14.7. The summed E-state index contributed by atoms with van der Waals surface area (Å²) in [5.74, 6) is -3.22. The number of fused-ring (bicyclic) bond motifs is 2. The number of benzene rings is 3. The number of para-hydroxylation sites is 1. The molecule has 1 aromatic heterocycles. The number of thioether (sulfide) groups is 1. The van der Waals surface area contributed by atoms with Gasteiger partial charge in [0.15, 0.2) is 0 Å². The van der Waals surface area contributed by atoms with Crippen LogP contribution < -0.4 is 15.1 Å². The molecule has 2 aliphatic rings. The van der Waals surface area contributed by atoms with E-state index in [1.807, 2.05) is 0 Å². The summed E-state index contributed by atoms with van der Waals surface area (Å²) in [7, 11) is 0. The summed E-state index contributed by atoms with van der Waals surface area (Å²) < 4.78 is 41.5. The van der Waals surface area contributed by atoms with Gasteiger partial charge in [-0.25, -0.2) is 4.90 Å². The molecule has 42 heavy (non-hydrogen) atoms. The SMILES string of the molecule is O=C(Cn1c2c(sc1=O)[C@@H](c1ccccc1)[C@@H]1C(=O)N(c3ccc(Cl)cc3)C(=O)[C@@H]1S2)Nc1ccccc1C(F)(F)F. The van der Waals surface area contributed by atoms with E-state index in [9.17, 15) is 32.3 Å². The number of nitrogens with zero attached hydrogens (tertiary/aromatic N) is 2. The molecule has 0 bridgehead atoms. The zero-order valence-corrected chi connectivity index (χ0v) is 23.7. The lowest BCUT2D eigenvalue weighted by Crippen LogP contribution is -2.33. The van der Waals surface area contributed by atoms with Crippen molar-refractivity contribution >= 4 is 63.8 Å². The number of carbonyl (C=O) groups is 3. The minimum absolute atomic E-state index is 0.332. The molecule has 1 fully saturated rings. The van der Waals surface area contributed by atoms with Gasteiger partial charge in [-0.2, -0.15) is 13.2 Å². The normalized spacial score (nSPS) is 19.9. The first kappa shape index (κ1) is 28.3. The molecule has 0 spiro atoms. The largest absolute Gasteiger partial charge is 0.418 e. The van der Waals surface area contributed by atoms with E-state index in [1.165, 1.54) is 12.1 Å². The average molecular weight is 630 g/mol. The Morgan fingerprint density at radius 3 is 2.26 bits per heavy atom. The van der Waals surface area contributed by atoms with Gasteiger partial charge in [-0.15, -0.1) is 0 Å². The van der Waals surface area contributed by atoms with E-state index in [4.69, 9.17) is 11.6 Å². The summed E-state index contributed by atoms with van der Waals surface area (Å²) >= 11 is 7.88. The fraction of sp³-hybridized carbons (Fsp3) is 0.172. The Balaban J connectivity index is 1.38. The second kappa shape index (κ2) is 10.8. The first-order chi connectivity index (χ1) is 20.0. The van der Waals surface area contributed by atoms with Gasteiger partial charge in [0.05, 0.1) is 27.9 Å². The Morgan fingerprint density at radius 1 is 0.905 bits per heavy atom. The quantitative estimate of drug-likeness (QED) is 0.273. The Hall–Kier alpha value is -3.87. The highest BCUT2D eigenvalue weighted by Gasteiger charge is 2.56. The van der Waals surface area contributed by atoms with E-state index < -0.39 is 63.7 Å². The summed E-state index contributed by atoms with van der Waals surface area (Å²) in [6.45, 7) is -0.578. The van der Waals surface area contributed by atoms with Gasteiger partial charge in [0, 0.05) is 15.8 Å². The lowest BCUT2D eigenvalue weighted by Gasteiger charge is -2.30. The van der Waals surface area contributed by atoms with Crippen LogP contribution in [0.25, 0.3) is 0 Å². The third-order valence-corrected chi connectivity index (χ3v) is 9.96. The summed E-state index contributed by atoms with van der Waals surface area (Å²) in [4.78, 5) is 54.8. The van der Waals surface area contributed by atoms with Crippen LogP contribution in [0.5, 0.6) is 0 Å². The lowest BCUT2D eigenvalue weighted by molar-refractivity contribution is -0.137. The number of hydrogen-bond acceptors (Lipinski definition) is 6. The van der Waals surface area contributed by atoms with Crippen molar-refractivity contribution in [1.82, 2.24) is 4.57 Å². The fourth-order valence-corrected chi connectivity index (χ4v) is 8.19. The van der Waals surface area contributed by atoms with Gasteiger partial charge in [-0.1, -0.05) is 77.2 Å². The second-order valence-electron chi connectivity index (χ2n) is 9.66. The van der Waals surface area contributed by atoms with Crippen molar-refractivity contribution in [2.45, 2.75) is 28.9 Å². The van der Waals surface area contributed by atoms with Gasteiger partial charge in [0.1, 0.15) is 11.8 Å². The van der Waals surface area contributed by atoms with Crippen LogP contribution in [0, 0.1) is 5.92 Å². The van der Waals surface area contributed by atoms with Gasteiger partial charge >= 0.3 is 11.0 Å². The standard InChI is InChI=1S/C29H19ClF3N3O4S2/c30-16-10-12-17(13-11-16)36-25(38)22-21(15-6-2-1-3-7-15)24-27(41-23(22)26(36)39)35(28(40)42-24)14-20(37)34-19-9-5-4-8-18(19)29(31,32)33/h1-13,21-23H,14H2,(H,34,37)/t21-,22-,23+/m0/s1. The van der Waals surface area contributed by atoms with Gasteiger partial charge in [0.25, 0.3) is 0 Å². The lowest BCUT2D eigenvalue weighted by atomic mass is 9.83. The number of rotatable bonds is 5. The highest BCUT2D eigenvalue weighted by atomic mass is 35.5. The summed E-state index contributed by atoms with van der Waals surface area (Å²) in [6, 6.07) is 19.8. The number of imide groups is 1. The predicted octanol–water partition coefficient (Wildman–Crippen LogP) is 6.02. The molecule has 0 aliphatic carbocycles. The molecule has 13 heteroatoms. The zero-order chi connectivity index (χ0) is 29.8. The Bertz CT molecular complexity index is 1770. The number of carbonyl (C=O) groups excluding carboxylic acids is 3. The smallest absolute Gasteiger partial charge is 0.324 e. The van der Waals surface area contributed by atoms with Crippen LogP contribution in [0.3, 0.4) is 0 Å². The molecule has 3 amide bonds. The third kappa shape index (κ3) is 4.93. The highest BCUT2D eigenvalue weighted by molar-refractivity contribution is 8.00. The molecular weight excluding hydrogens is 611 g/mol. The van der Waals surface area contributed by atoms with E-state index in [0.29, 0.717) is 26.2 Å². The third-order valence-electron chi connectivity index (χ3n) is 7.10. The topological polar surface area (TPSA) is 88.5 Å². The van der Waals surface area contributed by atoms with Crippen LogP contribution in [0.1, 0.15) is 21.9 Å². The van der Waals surface area contributed by atoms with E-state index in [2.05, 4.69) is 5.32 Å². The molecule has 7 nitrogen and oxygen atoms in total. The van der Waals surface area contributed by atoms with Crippen LogP contribution in [-0.4, -0.2) is 27.5 Å². The van der Waals surface area contributed by atoms with Gasteiger partial charge in [0.2, 0.25) is 17.7 Å². The van der Waals surface area contributed by atoms with Crippen molar-refractivity contribution in [3.8, 4) is 0 Å². The molecule has 214 valence electrons. The molecular formula is C29H19ClF3N3O4S2. The molecule has 1 saturated heterocycles. The van der Waals surface area contributed by atoms with E-state index >= 15 is 0 Å². The van der Waals surface area contributed by atoms with Gasteiger partial charge in [-0.3, -0.25) is 23.7 Å². The Labute approximate surface area is 249 Å². The van der Waals surface area contributed by atoms with Gasteiger partial charge in [-0.05, 0) is 42.0 Å². The fourth-order valence-electron chi connectivity index (χ4n) is 5.29. The number of nitrogens with one attached hydrogen (secondary N) is 1. The molecule has 0 radical (unpaired) electrons. The van der Waals surface area contributed by atoms with E-state index in [0.717, 1.165) is 44.7 Å². The zero-order valence-electron chi connectivity index (χ0n) is 21.3. The van der Waals surface area contributed by atoms with Crippen molar-refractivity contribution < 1.29 is 27.6 Å². The summed E-state index contributed by atoms with van der Waals surface area (Å²) in [5, 5.41) is 2.13. The van der Waals surface area contributed by atoms with Crippen LogP contribution in [-0.2, 0) is 27.1 Å². The maximum atomic E-state index is 13.8. The van der Waals surface area contributed by atoms with Crippen molar-refractivity contribution in [3.63, 3.8) is 0 Å². The maximum absolute atomic E-state index is 13.8. The summed E-state index contributed by atoms with van der Waals surface area (Å²) in [5.41, 5.74) is -0.376. The number of halogens is 4. The van der Waals surface area contributed by atoms with E-state index in [1.54, 1.807) is 54.6 Å². The van der Waals surface area contributed by atoms with Crippen LogP contribution in [0.2, 0.25) is 5.02 Å². The molecule has 2 aliphatic heterocycles. The average Bonchev–Trinajstić information content (AvgIpc) is 3.40. The molecule has 3 aromatic carbocycles. The van der Waals surface area contributed by atoms with Crippen molar-refractivity contribution in [1.29, 1.82) is 0 Å². The molecule has 6 rings (SSSR count). The van der Waals surface area contributed by atoms with E-state index in [-0.39, 0.29) is 0 Å². The Morgan fingerprint density at radius 2 is 1.57 bits per heavy atom. The number of hydrogen-bond donors (Lipinski definition) is 1. The van der Waals surface area contributed by atoms with Crippen molar-refractivity contribution in [2.24, 2.45) is 5.92 Å². The number of amides is 3. The molecule has 3 atom stereocenters. The Kier molecular flexibility index (Phi) is 7.24. The van der Waals surface area contributed by atoms with Crippen molar-refractivity contribution in [2.75, 3.05) is 10.2 Å². The number of thiazole rings is 1. The maximum Gasteiger partial charge on any atom is 0.418 e. The number of aromatic nitrogens is 1. The van der Waals surface area contributed by atoms with Crippen LogP contribution >= 0.6 is 34.7 Å². The minimum Gasteiger partial charge on any atom is -0.324 e. The first-order valence-electron chi connectivity index (χ1n) is 12.6. The second-order valence-corrected chi connectivity index (χ2v) is 12.2. The highest BCUT2D eigenvalue weighted by Crippen LogP contribution is 2.53. The minimum atomic E-state index is -4.69. The predicted molar refractivity (Wildman–Crippen MR) is 154 cm³/mol. The molecule has 0 saturated carbocycles. The number of anilines is 2. The van der Waals surface area contributed by atoms with Crippen molar-refractivity contribution in [3.05, 3.63) is 110 Å². The number of alkyl halides is 3. The molecule has 1 N–H and O–H groups in total. The molecule has 3 heterocycles. The molecule has 4 aromatic rings. The molecule has 0 unspecified atom stereocenters. The van der Waals surface area contributed by atoms with Crippen LogP contribution in [0.15, 0.2) is 88.7 Å².